The van der Waals surface area contributed by atoms with Crippen molar-refractivity contribution in [2.24, 2.45) is 0 Å². The first-order chi connectivity index (χ1) is 29.8. The van der Waals surface area contributed by atoms with Crippen LogP contribution in [0.1, 0.15) is 27.7 Å². The summed E-state index contributed by atoms with van der Waals surface area (Å²) in [6.07, 6.45) is 0. The van der Waals surface area contributed by atoms with Gasteiger partial charge in [-0.15, -0.1) is 10.2 Å². The lowest BCUT2D eigenvalue weighted by Crippen LogP contribution is -1.96. The van der Waals surface area contributed by atoms with Gasteiger partial charge in [-0.3, -0.25) is 4.40 Å². The second-order valence-electron chi connectivity index (χ2n) is 14.6. The van der Waals surface area contributed by atoms with Crippen molar-refractivity contribution in [1.29, 1.82) is 0 Å². The van der Waals surface area contributed by atoms with E-state index in [-0.39, 0.29) is 0 Å². The van der Waals surface area contributed by atoms with Crippen molar-refractivity contribution in [3.05, 3.63) is 194 Å². The summed E-state index contributed by atoms with van der Waals surface area (Å²) in [6, 6.07) is 70.2. The van der Waals surface area contributed by atoms with Crippen molar-refractivity contribution in [1.82, 2.24) is 19.2 Å². The molecule has 0 N–H and O–H groups in total. The van der Waals surface area contributed by atoms with E-state index < -0.39 is 0 Å². The highest BCUT2D eigenvalue weighted by atomic mass is 15.2. The number of hydrogen-bond acceptors (Lipinski definition) is 2. The minimum atomic E-state index is 0.829. The van der Waals surface area contributed by atoms with Gasteiger partial charge in [-0.25, -0.2) is 0 Å². The molecule has 0 saturated carbocycles. The lowest BCUT2D eigenvalue weighted by Gasteiger charge is -2.12. The molecule has 0 aliphatic heterocycles. The highest BCUT2D eigenvalue weighted by molar-refractivity contribution is 6.14. The molecule has 0 spiro atoms. The molecule has 0 unspecified atom stereocenters. The molecule has 0 aliphatic carbocycles. The quantitative estimate of drug-likeness (QED) is 0.167. The van der Waals surface area contributed by atoms with Gasteiger partial charge in [0, 0.05) is 32.8 Å². The van der Waals surface area contributed by atoms with Crippen LogP contribution in [0.5, 0.6) is 0 Å². The molecule has 60 heavy (non-hydrogen) atoms. The zero-order valence-electron chi connectivity index (χ0n) is 34.3. The monoisotopic (exact) mass is 772 g/mol. The summed E-state index contributed by atoms with van der Waals surface area (Å²) in [5, 5.41) is 20.4. The van der Waals surface area contributed by atoms with Crippen molar-refractivity contribution in [3.8, 4) is 39.3 Å². The number of para-hydroxylation sites is 1. The summed E-state index contributed by atoms with van der Waals surface area (Å²) in [5.74, 6) is 0.829. The number of hydrogen-bond donors (Lipinski definition) is 0. The molecule has 0 amide bonds. The maximum absolute atomic E-state index is 4.78. The highest BCUT2D eigenvalue weighted by Gasteiger charge is 2.19. The fraction of sp³-hybridized carbons (Fsp3) is 0.0714. The largest absolute Gasteiger partial charge is 0.309 e. The molecule has 0 aliphatic rings. The predicted octanol–water partition coefficient (Wildman–Crippen LogP) is 15.5. The smallest absolute Gasteiger partial charge is 0.169 e. The first-order valence-corrected chi connectivity index (χ1v) is 21.1. The number of pyridine rings is 1. The second kappa shape index (κ2) is 15.3. The maximum atomic E-state index is 4.78. The van der Waals surface area contributed by atoms with E-state index in [0.717, 1.165) is 44.7 Å². The Morgan fingerprint density at radius 2 is 0.800 bits per heavy atom. The minimum Gasteiger partial charge on any atom is -0.309 e. The van der Waals surface area contributed by atoms with Gasteiger partial charge in [0.25, 0.3) is 0 Å². The fourth-order valence-electron chi connectivity index (χ4n) is 9.03. The van der Waals surface area contributed by atoms with E-state index in [4.69, 9.17) is 10.2 Å². The van der Waals surface area contributed by atoms with Gasteiger partial charge in [0.15, 0.2) is 11.5 Å². The van der Waals surface area contributed by atoms with Gasteiger partial charge in [-0.05, 0) is 104 Å². The molecule has 0 saturated heterocycles. The topological polar surface area (TPSA) is 35.1 Å². The summed E-state index contributed by atoms with van der Waals surface area (Å²) in [6.45, 7) is 8.00. The average molecular weight is 773 g/mol. The third kappa shape index (κ3) is 5.83. The number of aromatic nitrogens is 4. The summed E-state index contributed by atoms with van der Waals surface area (Å²) in [7, 11) is 0. The van der Waals surface area contributed by atoms with E-state index in [1.807, 2.05) is 27.7 Å². The van der Waals surface area contributed by atoms with Crippen molar-refractivity contribution in [2.45, 2.75) is 27.7 Å². The SMILES string of the molecule is CC.CC.c1ccc2c(-c3ccc4c(c3)c3cc(-c5cccc6ccccc56)ccc3n4-c3ccc(-c4nnc5c6ccccc6c6ccccc6n45)cc3)cccc2c1. The van der Waals surface area contributed by atoms with Crippen molar-refractivity contribution in [2.75, 3.05) is 0 Å². The zero-order chi connectivity index (χ0) is 40.7. The highest BCUT2D eigenvalue weighted by Crippen LogP contribution is 2.40. The Hall–Kier alpha value is -7.56. The van der Waals surface area contributed by atoms with Crippen LogP contribution in [-0.2, 0) is 0 Å². The molecular formula is C56H44N4. The van der Waals surface area contributed by atoms with Crippen LogP contribution in [0.25, 0.3) is 110 Å². The third-order valence-electron chi connectivity index (χ3n) is 11.6. The third-order valence-corrected chi connectivity index (χ3v) is 11.6. The van der Waals surface area contributed by atoms with E-state index in [1.165, 1.54) is 65.3 Å². The number of rotatable bonds is 4. The first-order valence-electron chi connectivity index (χ1n) is 21.1. The molecule has 9 aromatic carbocycles. The Morgan fingerprint density at radius 3 is 1.38 bits per heavy atom. The Labute approximate surface area is 349 Å². The summed E-state index contributed by atoms with van der Waals surface area (Å²) >= 11 is 0. The Kier molecular flexibility index (Phi) is 9.38. The standard InChI is InChI=1S/C52H32N4.2C2H6/c1-3-15-39-33(11-1)13-9-20-41(39)36-25-29-49-46(31-36)47-32-37(42-21-10-14-34-12-2-4-16-40(34)42)26-30-50(47)55(49)38-27-23-35(24-28-38)51-53-54-52-45-19-6-5-17-43(45)44-18-7-8-22-48(44)56(51)52;2*1-2/h1-32H;2*1-2H3. The first kappa shape index (κ1) is 36.8. The van der Waals surface area contributed by atoms with Gasteiger partial charge in [0.2, 0.25) is 0 Å². The predicted molar refractivity (Wildman–Crippen MR) is 256 cm³/mol. The number of fused-ring (bicyclic) bond motifs is 11. The summed E-state index contributed by atoms with van der Waals surface area (Å²) < 4.78 is 4.61. The molecule has 3 aromatic heterocycles. The van der Waals surface area contributed by atoms with Gasteiger partial charge in [0.1, 0.15) is 0 Å². The van der Waals surface area contributed by atoms with Crippen LogP contribution in [-0.4, -0.2) is 19.2 Å². The Bertz CT molecular complexity index is 3390. The lowest BCUT2D eigenvalue weighted by molar-refractivity contribution is 1.11. The lowest BCUT2D eigenvalue weighted by atomic mass is 9.95. The van der Waals surface area contributed by atoms with Crippen LogP contribution in [0, 0.1) is 0 Å². The second-order valence-corrected chi connectivity index (χ2v) is 14.6. The fourth-order valence-corrected chi connectivity index (χ4v) is 9.03. The van der Waals surface area contributed by atoms with Gasteiger partial charge in [-0.2, -0.15) is 0 Å². The molecule has 4 heteroatoms. The molecule has 0 atom stereocenters. The molecule has 0 radical (unpaired) electrons. The van der Waals surface area contributed by atoms with E-state index in [1.54, 1.807) is 0 Å². The summed E-state index contributed by atoms with van der Waals surface area (Å²) in [5.41, 5.74) is 11.3. The average Bonchev–Trinajstić information content (AvgIpc) is 3.93. The maximum Gasteiger partial charge on any atom is 0.169 e. The molecule has 12 aromatic rings. The van der Waals surface area contributed by atoms with Gasteiger partial charge < -0.3 is 4.57 Å². The zero-order valence-corrected chi connectivity index (χ0v) is 34.3. The molecule has 0 fully saturated rings. The normalized spacial score (nSPS) is 11.3. The Morgan fingerprint density at radius 1 is 0.333 bits per heavy atom. The van der Waals surface area contributed by atoms with Gasteiger partial charge in [0.05, 0.1) is 16.6 Å². The number of nitrogens with zero attached hydrogens (tertiary/aromatic N) is 4. The van der Waals surface area contributed by atoms with Crippen molar-refractivity contribution in [3.63, 3.8) is 0 Å². The molecule has 0 bridgehead atoms. The minimum absolute atomic E-state index is 0.829. The van der Waals surface area contributed by atoms with Crippen LogP contribution in [0.2, 0.25) is 0 Å². The Balaban J connectivity index is 0.00000105. The van der Waals surface area contributed by atoms with E-state index in [0.29, 0.717) is 0 Å². The van der Waals surface area contributed by atoms with E-state index >= 15 is 0 Å². The molecule has 3 heterocycles. The number of benzene rings is 9. The van der Waals surface area contributed by atoms with Crippen LogP contribution < -0.4 is 0 Å². The molecular weight excluding hydrogens is 729 g/mol. The van der Waals surface area contributed by atoms with E-state index in [2.05, 4.69) is 203 Å². The van der Waals surface area contributed by atoms with Crippen LogP contribution >= 0.6 is 0 Å². The van der Waals surface area contributed by atoms with E-state index in [9.17, 15) is 0 Å². The molecule has 4 nitrogen and oxygen atoms in total. The van der Waals surface area contributed by atoms with Crippen LogP contribution in [0.3, 0.4) is 0 Å². The van der Waals surface area contributed by atoms with Gasteiger partial charge in [-0.1, -0.05) is 167 Å². The molecule has 288 valence electrons. The van der Waals surface area contributed by atoms with Crippen LogP contribution in [0.15, 0.2) is 194 Å². The van der Waals surface area contributed by atoms with Crippen LogP contribution in [0.4, 0.5) is 0 Å². The van der Waals surface area contributed by atoms with Crippen molar-refractivity contribution >= 4 is 70.7 Å². The van der Waals surface area contributed by atoms with Crippen molar-refractivity contribution < 1.29 is 0 Å². The molecule has 12 rings (SSSR count). The summed E-state index contributed by atoms with van der Waals surface area (Å²) in [4.78, 5) is 0. The van der Waals surface area contributed by atoms with Gasteiger partial charge >= 0.3 is 0 Å².